The van der Waals surface area contributed by atoms with Crippen molar-refractivity contribution in [3.63, 3.8) is 0 Å². The van der Waals surface area contributed by atoms with Crippen molar-refractivity contribution in [2.24, 2.45) is 0 Å². The maximum absolute atomic E-state index is 12.8. The molecule has 0 saturated carbocycles. The van der Waals surface area contributed by atoms with Crippen molar-refractivity contribution in [1.82, 2.24) is 9.97 Å². The highest BCUT2D eigenvalue weighted by Gasteiger charge is 2.30. The third-order valence-electron chi connectivity index (χ3n) is 4.21. The number of anilines is 1. The maximum atomic E-state index is 12.8. The van der Waals surface area contributed by atoms with Crippen LogP contribution in [0.25, 0.3) is 11.1 Å². The predicted molar refractivity (Wildman–Crippen MR) is 94.5 cm³/mol. The third kappa shape index (κ3) is 2.65. The van der Waals surface area contributed by atoms with Crippen LogP contribution in [0.3, 0.4) is 0 Å². The highest BCUT2D eigenvalue weighted by molar-refractivity contribution is 6.30. The third-order valence-corrected chi connectivity index (χ3v) is 4.46. The number of nitrogens with one attached hydrogen (secondary N) is 1. The molecule has 0 radical (unpaired) electrons. The van der Waals surface area contributed by atoms with Gasteiger partial charge in [-0.2, -0.15) is 0 Å². The van der Waals surface area contributed by atoms with Gasteiger partial charge in [0.05, 0.1) is 5.92 Å². The molecule has 3 heterocycles. The van der Waals surface area contributed by atoms with Crippen LogP contribution in [-0.2, 0) is 0 Å². The van der Waals surface area contributed by atoms with Gasteiger partial charge >= 0.3 is 0 Å². The average molecular weight is 336 g/mol. The van der Waals surface area contributed by atoms with E-state index < -0.39 is 0 Å². The van der Waals surface area contributed by atoms with Crippen LogP contribution >= 0.6 is 11.6 Å². The zero-order valence-corrected chi connectivity index (χ0v) is 13.5. The van der Waals surface area contributed by atoms with Gasteiger partial charge in [0.2, 0.25) is 0 Å². The molecule has 1 aliphatic heterocycles. The molecule has 1 aliphatic rings. The standard InChI is InChI=1S/C19H14ClN3O/c20-15-5-3-12(4-6-15)18(24)17-11-23-19-16(17)8-14(10-22-19)13-2-1-7-21-9-13/h1-10,17H,11H2,(H,22,23). The molecule has 4 rings (SSSR count). The topological polar surface area (TPSA) is 54.9 Å². The lowest BCUT2D eigenvalue weighted by Crippen LogP contribution is -2.14. The van der Waals surface area contributed by atoms with E-state index in [0.717, 1.165) is 22.5 Å². The van der Waals surface area contributed by atoms with Gasteiger partial charge in [-0.15, -0.1) is 0 Å². The van der Waals surface area contributed by atoms with Gasteiger partial charge in [0.1, 0.15) is 5.82 Å². The summed E-state index contributed by atoms with van der Waals surface area (Å²) >= 11 is 5.91. The fraction of sp³-hybridized carbons (Fsp3) is 0.105. The van der Waals surface area contributed by atoms with E-state index in [0.29, 0.717) is 17.1 Å². The van der Waals surface area contributed by atoms with Crippen LogP contribution in [0, 0.1) is 0 Å². The summed E-state index contributed by atoms with van der Waals surface area (Å²) in [5.74, 6) is 0.600. The number of nitrogens with zero attached hydrogens (tertiary/aromatic N) is 2. The number of benzene rings is 1. The summed E-state index contributed by atoms with van der Waals surface area (Å²) in [6, 6.07) is 12.9. The van der Waals surface area contributed by atoms with Gasteiger partial charge in [0.25, 0.3) is 0 Å². The Morgan fingerprint density at radius 3 is 2.71 bits per heavy atom. The molecular formula is C19H14ClN3O. The zero-order valence-electron chi connectivity index (χ0n) is 12.7. The number of Topliss-reactive ketones (excluding diaryl/α,β-unsaturated/α-hetero) is 1. The Bertz CT molecular complexity index is 894. The van der Waals surface area contributed by atoms with Crippen LogP contribution in [0.2, 0.25) is 5.02 Å². The number of fused-ring (bicyclic) bond motifs is 1. The molecule has 5 heteroatoms. The first-order valence-electron chi connectivity index (χ1n) is 7.66. The first-order chi connectivity index (χ1) is 11.7. The second-order valence-corrected chi connectivity index (χ2v) is 6.14. The summed E-state index contributed by atoms with van der Waals surface area (Å²) in [5, 5.41) is 3.84. The number of rotatable bonds is 3. The molecule has 0 saturated heterocycles. The maximum Gasteiger partial charge on any atom is 0.172 e. The Morgan fingerprint density at radius 2 is 1.96 bits per heavy atom. The smallest absolute Gasteiger partial charge is 0.172 e. The van der Waals surface area contributed by atoms with E-state index in [1.165, 1.54) is 0 Å². The Labute approximate surface area is 144 Å². The summed E-state index contributed by atoms with van der Waals surface area (Å²) < 4.78 is 0. The van der Waals surface area contributed by atoms with Crippen LogP contribution in [0.4, 0.5) is 5.82 Å². The Hall–Kier alpha value is -2.72. The lowest BCUT2D eigenvalue weighted by atomic mass is 9.92. The SMILES string of the molecule is O=C(c1ccc(Cl)cc1)C1CNc2ncc(-c3cccnc3)cc21. The average Bonchev–Trinajstić information content (AvgIpc) is 3.05. The van der Waals surface area contributed by atoms with Crippen molar-refractivity contribution in [3.8, 4) is 11.1 Å². The molecule has 0 spiro atoms. The largest absolute Gasteiger partial charge is 0.369 e. The summed E-state index contributed by atoms with van der Waals surface area (Å²) in [7, 11) is 0. The van der Waals surface area contributed by atoms with E-state index >= 15 is 0 Å². The minimum absolute atomic E-state index is 0.0723. The van der Waals surface area contributed by atoms with Crippen molar-refractivity contribution in [2.75, 3.05) is 11.9 Å². The Balaban J connectivity index is 1.70. The summed E-state index contributed by atoms with van der Waals surface area (Å²) in [6.07, 6.45) is 5.33. The van der Waals surface area contributed by atoms with E-state index in [-0.39, 0.29) is 11.7 Å². The molecular weight excluding hydrogens is 322 g/mol. The molecule has 24 heavy (non-hydrogen) atoms. The molecule has 1 aromatic carbocycles. The van der Waals surface area contributed by atoms with Gasteiger partial charge in [-0.25, -0.2) is 4.98 Å². The number of hydrogen-bond donors (Lipinski definition) is 1. The summed E-state index contributed by atoms with van der Waals surface area (Å²) in [5.41, 5.74) is 3.53. The van der Waals surface area contributed by atoms with Crippen LogP contribution in [0.1, 0.15) is 21.8 Å². The van der Waals surface area contributed by atoms with Gasteiger partial charge in [0, 0.05) is 52.4 Å². The van der Waals surface area contributed by atoms with Crippen molar-refractivity contribution in [2.45, 2.75) is 5.92 Å². The zero-order chi connectivity index (χ0) is 16.5. The fourth-order valence-corrected chi connectivity index (χ4v) is 3.07. The van der Waals surface area contributed by atoms with E-state index in [9.17, 15) is 4.79 Å². The monoisotopic (exact) mass is 335 g/mol. The second kappa shape index (κ2) is 6.06. The second-order valence-electron chi connectivity index (χ2n) is 5.71. The van der Waals surface area contributed by atoms with Crippen molar-refractivity contribution in [3.05, 3.63) is 77.2 Å². The molecule has 1 atom stereocenters. The predicted octanol–water partition coefficient (Wildman–Crippen LogP) is 4.19. The van der Waals surface area contributed by atoms with Gasteiger partial charge in [-0.1, -0.05) is 17.7 Å². The minimum Gasteiger partial charge on any atom is -0.369 e. The minimum atomic E-state index is -0.245. The molecule has 0 amide bonds. The van der Waals surface area contributed by atoms with Gasteiger partial charge in [-0.3, -0.25) is 9.78 Å². The first kappa shape index (κ1) is 14.8. The molecule has 0 bridgehead atoms. The van der Waals surface area contributed by atoms with Crippen LogP contribution in [-0.4, -0.2) is 22.3 Å². The number of hydrogen-bond acceptors (Lipinski definition) is 4. The first-order valence-corrected chi connectivity index (χ1v) is 8.04. The van der Waals surface area contributed by atoms with Crippen molar-refractivity contribution >= 4 is 23.2 Å². The molecule has 3 aromatic rings. The molecule has 1 N–H and O–H groups in total. The summed E-state index contributed by atoms with van der Waals surface area (Å²) in [4.78, 5) is 21.5. The van der Waals surface area contributed by atoms with Gasteiger partial charge < -0.3 is 5.32 Å². The number of carbonyl (C=O) groups is 1. The lowest BCUT2D eigenvalue weighted by Gasteiger charge is -2.10. The number of pyridine rings is 2. The van der Waals surface area contributed by atoms with E-state index in [4.69, 9.17) is 11.6 Å². The lowest BCUT2D eigenvalue weighted by molar-refractivity contribution is 0.0966. The highest BCUT2D eigenvalue weighted by Crippen LogP contribution is 2.35. The number of aromatic nitrogens is 2. The van der Waals surface area contributed by atoms with Crippen molar-refractivity contribution in [1.29, 1.82) is 0 Å². The Morgan fingerprint density at radius 1 is 1.12 bits per heavy atom. The van der Waals surface area contributed by atoms with E-state index in [1.807, 2.05) is 18.2 Å². The van der Waals surface area contributed by atoms with E-state index in [2.05, 4.69) is 15.3 Å². The van der Waals surface area contributed by atoms with E-state index in [1.54, 1.807) is 42.9 Å². The molecule has 4 nitrogen and oxygen atoms in total. The van der Waals surface area contributed by atoms with Gasteiger partial charge in [0.15, 0.2) is 5.78 Å². The molecule has 0 aliphatic carbocycles. The van der Waals surface area contributed by atoms with Crippen LogP contribution in [0.15, 0.2) is 61.1 Å². The summed E-state index contributed by atoms with van der Waals surface area (Å²) in [6.45, 7) is 0.556. The number of ketones is 1. The molecule has 1 unspecified atom stereocenters. The van der Waals surface area contributed by atoms with Crippen LogP contribution in [0.5, 0.6) is 0 Å². The van der Waals surface area contributed by atoms with Gasteiger partial charge in [-0.05, 0) is 36.4 Å². The number of halogens is 1. The molecule has 2 aromatic heterocycles. The fourth-order valence-electron chi connectivity index (χ4n) is 2.94. The highest BCUT2D eigenvalue weighted by atomic mass is 35.5. The molecule has 0 fully saturated rings. The Kier molecular flexibility index (Phi) is 3.75. The normalized spacial score (nSPS) is 15.6. The van der Waals surface area contributed by atoms with Crippen molar-refractivity contribution < 1.29 is 4.79 Å². The van der Waals surface area contributed by atoms with Crippen LogP contribution < -0.4 is 5.32 Å². The quantitative estimate of drug-likeness (QED) is 0.729. The molecule has 118 valence electrons. The number of carbonyl (C=O) groups excluding carboxylic acids is 1.